The van der Waals surface area contributed by atoms with Crippen molar-refractivity contribution in [3.8, 4) is 11.4 Å². The lowest BCUT2D eigenvalue weighted by Crippen LogP contribution is -2.03. The normalized spacial score (nSPS) is 11.1. The highest BCUT2D eigenvalue weighted by molar-refractivity contribution is 5.63. The summed E-state index contributed by atoms with van der Waals surface area (Å²) in [6.45, 7) is 8.30. The van der Waals surface area contributed by atoms with Gasteiger partial charge in [0.2, 0.25) is 0 Å². The Morgan fingerprint density at radius 1 is 1.21 bits per heavy atom. The molecule has 0 saturated heterocycles. The van der Waals surface area contributed by atoms with E-state index in [1.807, 2.05) is 38.7 Å². The Balaban J connectivity index is 2.64. The summed E-state index contributed by atoms with van der Waals surface area (Å²) in [6.07, 6.45) is 0. The van der Waals surface area contributed by atoms with Crippen molar-refractivity contribution in [2.24, 2.45) is 7.05 Å². The molecule has 2 aromatic rings. The quantitative estimate of drug-likeness (QED) is 0.920. The van der Waals surface area contributed by atoms with Gasteiger partial charge in [-0.25, -0.2) is 9.97 Å². The Morgan fingerprint density at radius 3 is 2.37 bits per heavy atom. The highest BCUT2D eigenvalue weighted by atomic mass is 15.3. The molecule has 0 fully saturated rings. The monoisotopic (exact) mass is 259 g/mol. The topological polar surface area (TPSA) is 55.6 Å². The zero-order chi connectivity index (χ0) is 14.2. The lowest BCUT2D eigenvalue weighted by Gasteiger charge is -2.10. The molecule has 0 aliphatic carbocycles. The van der Waals surface area contributed by atoms with E-state index in [2.05, 4.69) is 34.2 Å². The molecule has 5 nitrogen and oxygen atoms in total. The predicted octanol–water partition coefficient (Wildman–Crippen LogP) is 2.66. The minimum Gasteiger partial charge on any atom is -0.373 e. The number of hydrogen-bond donors (Lipinski definition) is 1. The van der Waals surface area contributed by atoms with Gasteiger partial charge in [-0.15, -0.1) is 0 Å². The van der Waals surface area contributed by atoms with E-state index in [0.29, 0.717) is 5.92 Å². The van der Waals surface area contributed by atoms with Crippen LogP contribution in [0.15, 0.2) is 6.07 Å². The number of nitrogens with one attached hydrogen (secondary N) is 1. The van der Waals surface area contributed by atoms with Crippen LogP contribution in [-0.2, 0) is 7.05 Å². The van der Waals surface area contributed by atoms with Crippen molar-refractivity contribution in [2.45, 2.75) is 33.6 Å². The van der Waals surface area contributed by atoms with Crippen LogP contribution >= 0.6 is 0 Å². The molecule has 0 unspecified atom stereocenters. The molecule has 0 aliphatic heterocycles. The van der Waals surface area contributed by atoms with Crippen molar-refractivity contribution in [1.82, 2.24) is 19.7 Å². The van der Waals surface area contributed by atoms with Gasteiger partial charge in [-0.2, -0.15) is 5.10 Å². The molecular formula is C14H21N5. The van der Waals surface area contributed by atoms with Crippen molar-refractivity contribution in [3.05, 3.63) is 23.1 Å². The molecule has 1 N–H and O–H groups in total. The highest BCUT2D eigenvalue weighted by Crippen LogP contribution is 2.26. The van der Waals surface area contributed by atoms with E-state index in [1.54, 1.807) is 0 Å². The van der Waals surface area contributed by atoms with Gasteiger partial charge < -0.3 is 5.32 Å². The summed E-state index contributed by atoms with van der Waals surface area (Å²) in [7, 11) is 3.82. The molecule has 102 valence electrons. The molecule has 0 spiro atoms. The van der Waals surface area contributed by atoms with Gasteiger partial charge in [0.25, 0.3) is 0 Å². The van der Waals surface area contributed by atoms with Crippen LogP contribution in [-0.4, -0.2) is 26.8 Å². The fourth-order valence-electron chi connectivity index (χ4n) is 2.10. The molecule has 0 aromatic carbocycles. The highest BCUT2D eigenvalue weighted by Gasteiger charge is 2.16. The van der Waals surface area contributed by atoms with Gasteiger partial charge in [-0.1, -0.05) is 13.8 Å². The third-order valence-electron chi connectivity index (χ3n) is 3.33. The number of rotatable bonds is 3. The minimum atomic E-state index is 0.367. The first-order chi connectivity index (χ1) is 8.93. The molecule has 0 aliphatic rings. The Morgan fingerprint density at radius 2 is 1.89 bits per heavy atom. The zero-order valence-corrected chi connectivity index (χ0v) is 12.4. The Kier molecular flexibility index (Phi) is 3.55. The van der Waals surface area contributed by atoms with Gasteiger partial charge in [0.1, 0.15) is 5.82 Å². The Hall–Kier alpha value is -1.91. The number of aryl methyl sites for hydroxylation is 2. The molecule has 2 rings (SSSR count). The third kappa shape index (κ3) is 2.45. The summed E-state index contributed by atoms with van der Waals surface area (Å²) in [4.78, 5) is 9.25. The van der Waals surface area contributed by atoms with Gasteiger partial charge in [0.15, 0.2) is 5.82 Å². The first-order valence-corrected chi connectivity index (χ1v) is 6.51. The molecule has 2 heterocycles. The smallest absolute Gasteiger partial charge is 0.165 e. The van der Waals surface area contributed by atoms with E-state index in [4.69, 9.17) is 0 Å². The number of anilines is 1. The van der Waals surface area contributed by atoms with E-state index in [9.17, 15) is 0 Å². The second-order valence-electron chi connectivity index (χ2n) is 5.08. The van der Waals surface area contributed by atoms with Gasteiger partial charge >= 0.3 is 0 Å². The maximum Gasteiger partial charge on any atom is 0.165 e. The van der Waals surface area contributed by atoms with Crippen molar-refractivity contribution < 1.29 is 0 Å². The second-order valence-corrected chi connectivity index (χ2v) is 5.08. The van der Waals surface area contributed by atoms with Crippen molar-refractivity contribution in [2.75, 3.05) is 12.4 Å². The summed E-state index contributed by atoms with van der Waals surface area (Å²) < 4.78 is 1.87. The second kappa shape index (κ2) is 4.99. The summed E-state index contributed by atoms with van der Waals surface area (Å²) in [5, 5.41) is 7.53. The van der Waals surface area contributed by atoms with E-state index in [-0.39, 0.29) is 0 Å². The first kappa shape index (κ1) is 13.5. The van der Waals surface area contributed by atoms with Crippen molar-refractivity contribution >= 4 is 5.82 Å². The number of aromatic nitrogens is 4. The molecule has 0 radical (unpaired) electrons. The van der Waals surface area contributed by atoms with E-state index < -0.39 is 0 Å². The molecule has 2 aromatic heterocycles. The molecule has 0 saturated carbocycles. The molecule has 19 heavy (non-hydrogen) atoms. The number of hydrogen-bond acceptors (Lipinski definition) is 4. The first-order valence-electron chi connectivity index (χ1n) is 6.51. The lowest BCUT2D eigenvalue weighted by molar-refractivity contribution is 0.731. The van der Waals surface area contributed by atoms with Gasteiger partial charge in [-0.3, -0.25) is 4.68 Å². The largest absolute Gasteiger partial charge is 0.373 e. The Bertz CT molecular complexity index is 598. The van der Waals surface area contributed by atoms with Crippen LogP contribution in [0.5, 0.6) is 0 Å². The van der Waals surface area contributed by atoms with Crippen LogP contribution in [0, 0.1) is 13.8 Å². The maximum absolute atomic E-state index is 4.68. The fourth-order valence-corrected chi connectivity index (χ4v) is 2.10. The third-order valence-corrected chi connectivity index (χ3v) is 3.33. The lowest BCUT2D eigenvalue weighted by atomic mass is 10.1. The van der Waals surface area contributed by atoms with Crippen LogP contribution in [0.4, 0.5) is 5.82 Å². The van der Waals surface area contributed by atoms with Crippen LogP contribution < -0.4 is 5.32 Å². The van der Waals surface area contributed by atoms with Gasteiger partial charge in [0, 0.05) is 31.5 Å². The van der Waals surface area contributed by atoms with E-state index in [1.165, 1.54) is 0 Å². The van der Waals surface area contributed by atoms with E-state index in [0.717, 1.165) is 34.3 Å². The van der Waals surface area contributed by atoms with Crippen molar-refractivity contribution in [3.63, 3.8) is 0 Å². The number of nitrogens with zero attached hydrogens (tertiary/aromatic N) is 4. The average Bonchev–Trinajstić information content (AvgIpc) is 2.62. The minimum absolute atomic E-state index is 0.367. The summed E-state index contributed by atoms with van der Waals surface area (Å²) in [5.41, 5.74) is 4.11. The van der Waals surface area contributed by atoms with Crippen molar-refractivity contribution in [1.29, 1.82) is 0 Å². The van der Waals surface area contributed by atoms with E-state index >= 15 is 0 Å². The zero-order valence-electron chi connectivity index (χ0n) is 12.4. The molecule has 0 bridgehead atoms. The molecule has 0 amide bonds. The summed E-state index contributed by atoms with van der Waals surface area (Å²) >= 11 is 0. The molecular weight excluding hydrogens is 238 g/mol. The average molecular weight is 259 g/mol. The van der Waals surface area contributed by atoms with Crippen LogP contribution in [0.1, 0.15) is 36.8 Å². The fraction of sp³-hybridized carbons (Fsp3) is 0.500. The summed E-state index contributed by atoms with van der Waals surface area (Å²) in [5.74, 6) is 1.96. The molecule has 0 atom stereocenters. The van der Waals surface area contributed by atoms with Gasteiger partial charge in [-0.05, 0) is 19.8 Å². The van der Waals surface area contributed by atoms with Crippen LogP contribution in [0.2, 0.25) is 0 Å². The standard InChI is InChI=1S/C14H21N5/c1-8(2)11-7-12(15-5)17-14(16-11)13-9(3)18-19(6)10(13)4/h7-8H,1-6H3,(H,15,16,17). The summed E-state index contributed by atoms with van der Waals surface area (Å²) in [6, 6.07) is 2.00. The molecule has 5 heteroatoms. The predicted molar refractivity (Wildman–Crippen MR) is 77.3 cm³/mol. The maximum atomic E-state index is 4.68. The Labute approximate surface area is 114 Å². The van der Waals surface area contributed by atoms with Gasteiger partial charge in [0.05, 0.1) is 11.3 Å². The SMILES string of the molecule is CNc1cc(C(C)C)nc(-c2c(C)nn(C)c2C)n1. The van der Waals surface area contributed by atoms with Crippen LogP contribution in [0.25, 0.3) is 11.4 Å². The van der Waals surface area contributed by atoms with Crippen LogP contribution in [0.3, 0.4) is 0 Å².